The van der Waals surface area contributed by atoms with Crippen molar-refractivity contribution in [2.24, 2.45) is 0 Å². The van der Waals surface area contributed by atoms with E-state index in [1.807, 2.05) is 53.4 Å². The van der Waals surface area contributed by atoms with Crippen LogP contribution in [-0.2, 0) is 11.3 Å². The number of aromatic nitrogens is 3. The van der Waals surface area contributed by atoms with Crippen molar-refractivity contribution in [3.05, 3.63) is 58.0 Å². The van der Waals surface area contributed by atoms with E-state index in [4.69, 9.17) is 9.84 Å². The maximum atomic E-state index is 12.8. The first-order chi connectivity index (χ1) is 12.6. The van der Waals surface area contributed by atoms with Crippen molar-refractivity contribution in [3.8, 4) is 5.69 Å². The first-order valence-electron chi connectivity index (χ1n) is 9.10. The zero-order valence-corrected chi connectivity index (χ0v) is 15.3. The van der Waals surface area contributed by atoms with E-state index in [1.54, 1.807) is 6.07 Å². The number of hydrogen-bond acceptors (Lipinski definition) is 4. The Morgan fingerprint density at radius 2 is 1.81 bits per heavy atom. The second-order valence-corrected chi connectivity index (χ2v) is 6.80. The highest BCUT2D eigenvalue weighted by atomic mass is 16.5. The van der Waals surface area contributed by atoms with Gasteiger partial charge in [-0.25, -0.2) is 4.68 Å². The minimum absolute atomic E-state index is 0.0281. The molecule has 136 valence electrons. The number of nitrogens with zero attached hydrogens (tertiary/aromatic N) is 4. The molecule has 26 heavy (non-hydrogen) atoms. The molecule has 0 radical (unpaired) electrons. The van der Waals surface area contributed by atoms with Crippen molar-refractivity contribution in [2.45, 2.75) is 20.4 Å². The van der Waals surface area contributed by atoms with E-state index in [1.165, 1.54) is 0 Å². The fourth-order valence-corrected chi connectivity index (χ4v) is 3.70. The highest BCUT2D eigenvalue weighted by Gasteiger charge is 2.18. The normalized spacial score (nSPS) is 15.6. The summed E-state index contributed by atoms with van der Waals surface area (Å²) in [5.74, 6) is 0. The summed E-state index contributed by atoms with van der Waals surface area (Å²) in [7, 11) is 0. The molecule has 3 aromatic rings. The first-order valence-corrected chi connectivity index (χ1v) is 9.10. The first kappa shape index (κ1) is 17.0. The van der Waals surface area contributed by atoms with E-state index < -0.39 is 0 Å². The molecule has 1 saturated heterocycles. The average Bonchev–Trinajstić information content (AvgIpc) is 3.01. The zero-order chi connectivity index (χ0) is 18.1. The Kier molecular flexibility index (Phi) is 4.61. The summed E-state index contributed by atoms with van der Waals surface area (Å²) in [6.07, 6.45) is 0. The second kappa shape index (κ2) is 7.05. The Labute approximate surface area is 152 Å². The summed E-state index contributed by atoms with van der Waals surface area (Å²) < 4.78 is 9.18. The molecule has 0 atom stereocenters. The summed E-state index contributed by atoms with van der Waals surface area (Å²) in [5.41, 5.74) is 3.80. The van der Waals surface area contributed by atoms with Crippen LogP contribution in [0.1, 0.15) is 11.3 Å². The molecule has 1 aliphatic heterocycles. The molecular weight excluding hydrogens is 328 g/mol. The van der Waals surface area contributed by atoms with Gasteiger partial charge in [0.2, 0.25) is 0 Å². The summed E-state index contributed by atoms with van der Waals surface area (Å²) in [4.78, 5) is 15.1. The monoisotopic (exact) mass is 352 g/mol. The third-order valence-electron chi connectivity index (χ3n) is 5.04. The van der Waals surface area contributed by atoms with Crippen molar-refractivity contribution < 1.29 is 4.74 Å². The van der Waals surface area contributed by atoms with Gasteiger partial charge in [-0.1, -0.05) is 18.2 Å². The van der Waals surface area contributed by atoms with E-state index >= 15 is 0 Å². The summed E-state index contributed by atoms with van der Waals surface area (Å²) in [6.45, 7) is 8.83. The summed E-state index contributed by atoms with van der Waals surface area (Å²) in [6, 6.07) is 11.7. The Morgan fingerprint density at radius 1 is 1.08 bits per heavy atom. The predicted octanol–water partition coefficient (Wildman–Crippen LogP) is 2.14. The topological polar surface area (TPSA) is 52.3 Å². The maximum absolute atomic E-state index is 12.8. The second-order valence-electron chi connectivity index (χ2n) is 6.80. The van der Waals surface area contributed by atoms with Gasteiger partial charge in [0.15, 0.2) is 0 Å². The molecule has 0 spiro atoms. The molecule has 0 amide bonds. The van der Waals surface area contributed by atoms with E-state index in [2.05, 4.69) is 4.90 Å². The van der Waals surface area contributed by atoms with Crippen molar-refractivity contribution in [3.63, 3.8) is 0 Å². The molecule has 0 unspecified atom stereocenters. The van der Waals surface area contributed by atoms with Crippen LogP contribution in [0.2, 0.25) is 0 Å². The zero-order valence-electron chi connectivity index (χ0n) is 15.3. The molecule has 6 nitrogen and oxygen atoms in total. The fraction of sp³-hybridized carbons (Fsp3) is 0.400. The Balaban J connectivity index is 1.82. The highest BCUT2D eigenvalue weighted by molar-refractivity contribution is 5.83. The van der Waals surface area contributed by atoms with Crippen LogP contribution in [0.15, 0.2) is 41.2 Å². The smallest absolute Gasteiger partial charge is 0.252 e. The van der Waals surface area contributed by atoms with Gasteiger partial charge in [0, 0.05) is 37.6 Å². The number of morpholine rings is 1. The van der Waals surface area contributed by atoms with Crippen molar-refractivity contribution in [1.29, 1.82) is 0 Å². The van der Waals surface area contributed by atoms with Crippen LogP contribution < -0.4 is 5.56 Å². The SMILES string of the molecule is Cc1cc(=O)n(CCN2CCOCC2)c2c1c(C)nn2-c1ccccc1. The fourth-order valence-electron chi connectivity index (χ4n) is 3.70. The number of pyridine rings is 1. The highest BCUT2D eigenvalue weighted by Crippen LogP contribution is 2.23. The molecule has 0 aliphatic carbocycles. The third kappa shape index (κ3) is 3.06. The number of para-hydroxylation sites is 1. The summed E-state index contributed by atoms with van der Waals surface area (Å²) in [5, 5.41) is 5.81. The van der Waals surface area contributed by atoms with Crippen molar-refractivity contribution in [1.82, 2.24) is 19.2 Å². The van der Waals surface area contributed by atoms with Crippen LogP contribution in [0.3, 0.4) is 0 Å². The van der Waals surface area contributed by atoms with E-state index in [0.717, 1.165) is 60.8 Å². The van der Waals surface area contributed by atoms with Gasteiger partial charge in [-0.05, 0) is 31.5 Å². The van der Waals surface area contributed by atoms with Crippen LogP contribution in [0, 0.1) is 13.8 Å². The van der Waals surface area contributed by atoms with E-state index in [0.29, 0.717) is 6.54 Å². The van der Waals surface area contributed by atoms with Gasteiger partial charge in [0.05, 0.1) is 24.6 Å². The van der Waals surface area contributed by atoms with Crippen LogP contribution in [0.5, 0.6) is 0 Å². The Hall–Kier alpha value is -2.44. The van der Waals surface area contributed by atoms with Crippen LogP contribution in [-0.4, -0.2) is 52.1 Å². The van der Waals surface area contributed by atoms with E-state index in [9.17, 15) is 4.79 Å². The lowest BCUT2D eigenvalue weighted by Gasteiger charge is -2.27. The number of aryl methyl sites for hydroxylation is 2. The van der Waals surface area contributed by atoms with Gasteiger partial charge >= 0.3 is 0 Å². The van der Waals surface area contributed by atoms with Gasteiger partial charge in [-0.15, -0.1) is 0 Å². The molecule has 6 heteroatoms. The number of fused-ring (bicyclic) bond motifs is 1. The lowest BCUT2D eigenvalue weighted by molar-refractivity contribution is 0.0364. The maximum Gasteiger partial charge on any atom is 0.252 e. The lowest BCUT2D eigenvalue weighted by Crippen LogP contribution is -2.39. The van der Waals surface area contributed by atoms with Crippen LogP contribution >= 0.6 is 0 Å². The van der Waals surface area contributed by atoms with E-state index in [-0.39, 0.29) is 5.56 Å². The largest absolute Gasteiger partial charge is 0.379 e. The van der Waals surface area contributed by atoms with Gasteiger partial charge in [-0.3, -0.25) is 14.3 Å². The molecule has 0 saturated carbocycles. The minimum atomic E-state index is 0.0281. The molecular formula is C20H24N4O2. The number of hydrogen-bond donors (Lipinski definition) is 0. The number of rotatable bonds is 4. The van der Waals surface area contributed by atoms with Crippen molar-refractivity contribution >= 4 is 11.0 Å². The number of ether oxygens (including phenoxy) is 1. The van der Waals surface area contributed by atoms with Gasteiger partial charge in [0.25, 0.3) is 5.56 Å². The predicted molar refractivity (Wildman–Crippen MR) is 102 cm³/mol. The summed E-state index contributed by atoms with van der Waals surface area (Å²) >= 11 is 0. The number of benzene rings is 1. The average molecular weight is 352 g/mol. The molecule has 3 heterocycles. The molecule has 2 aromatic heterocycles. The molecule has 0 N–H and O–H groups in total. The van der Waals surface area contributed by atoms with Gasteiger partial charge in [-0.2, -0.15) is 5.10 Å². The standard InChI is InChI=1S/C20H24N4O2/c1-15-14-18(25)23(9-8-22-10-12-26-13-11-22)20-19(15)16(2)21-24(20)17-6-4-3-5-7-17/h3-7,14H,8-13H2,1-2H3. The molecule has 1 aliphatic rings. The molecule has 0 bridgehead atoms. The van der Waals surface area contributed by atoms with Gasteiger partial charge < -0.3 is 4.74 Å². The van der Waals surface area contributed by atoms with Crippen LogP contribution in [0.4, 0.5) is 0 Å². The molecule has 1 aromatic carbocycles. The Morgan fingerprint density at radius 3 is 2.54 bits per heavy atom. The lowest BCUT2D eigenvalue weighted by atomic mass is 10.1. The third-order valence-corrected chi connectivity index (χ3v) is 5.04. The molecule has 1 fully saturated rings. The quantitative estimate of drug-likeness (QED) is 0.722. The van der Waals surface area contributed by atoms with Crippen molar-refractivity contribution in [2.75, 3.05) is 32.8 Å². The van der Waals surface area contributed by atoms with Gasteiger partial charge in [0.1, 0.15) is 5.65 Å². The molecule has 4 rings (SSSR count). The Bertz CT molecular complexity index is 969. The minimum Gasteiger partial charge on any atom is -0.379 e. The van der Waals surface area contributed by atoms with Crippen LogP contribution in [0.25, 0.3) is 16.7 Å².